The number of benzene rings is 1. The van der Waals surface area contributed by atoms with Crippen molar-refractivity contribution in [3.8, 4) is 11.5 Å². The maximum absolute atomic E-state index is 12.2. The fourth-order valence-corrected chi connectivity index (χ4v) is 4.28. The van der Waals surface area contributed by atoms with E-state index in [9.17, 15) is 19.8 Å². The molecule has 0 unspecified atom stereocenters. The number of phenols is 2. The van der Waals surface area contributed by atoms with Crippen molar-refractivity contribution in [1.29, 1.82) is 0 Å². The molecule has 0 aromatic heterocycles. The Bertz CT molecular complexity index is 853. The van der Waals surface area contributed by atoms with Crippen LogP contribution in [0.3, 0.4) is 0 Å². The van der Waals surface area contributed by atoms with Crippen LogP contribution < -0.4 is 0 Å². The van der Waals surface area contributed by atoms with Gasteiger partial charge in [0, 0.05) is 17.9 Å². The first kappa shape index (κ1) is 22.4. The van der Waals surface area contributed by atoms with Crippen LogP contribution >= 0.6 is 15.9 Å². The average molecular weight is 449 g/mol. The van der Waals surface area contributed by atoms with Gasteiger partial charge < -0.3 is 10.2 Å². The summed E-state index contributed by atoms with van der Waals surface area (Å²) in [7, 11) is 0. The molecule has 0 saturated heterocycles. The van der Waals surface area contributed by atoms with Crippen molar-refractivity contribution in [1.82, 2.24) is 0 Å². The first-order valence-electron chi connectivity index (χ1n) is 9.61. The number of aldehydes is 1. The van der Waals surface area contributed by atoms with E-state index in [4.69, 9.17) is 0 Å². The molecule has 2 N–H and O–H groups in total. The number of carbonyl (C=O) groups excluding carboxylic acids is 2. The summed E-state index contributed by atoms with van der Waals surface area (Å²) in [6.07, 6.45) is 8.45. The van der Waals surface area contributed by atoms with Gasteiger partial charge in [-0.1, -0.05) is 44.6 Å². The molecule has 5 heteroatoms. The van der Waals surface area contributed by atoms with Crippen LogP contribution in [-0.4, -0.2) is 22.3 Å². The van der Waals surface area contributed by atoms with Crippen molar-refractivity contribution in [2.24, 2.45) is 17.3 Å². The molecule has 1 aromatic rings. The second-order valence-corrected chi connectivity index (χ2v) is 8.92. The van der Waals surface area contributed by atoms with Crippen LogP contribution in [0.4, 0.5) is 0 Å². The molecule has 4 nitrogen and oxygen atoms in total. The van der Waals surface area contributed by atoms with E-state index in [0.717, 1.165) is 12.0 Å². The monoisotopic (exact) mass is 448 g/mol. The number of aromatic hydroxyl groups is 2. The van der Waals surface area contributed by atoms with Gasteiger partial charge in [-0.2, -0.15) is 0 Å². The fourth-order valence-electron chi connectivity index (χ4n) is 3.83. The lowest BCUT2D eigenvalue weighted by Crippen LogP contribution is -2.40. The zero-order chi connectivity index (χ0) is 21.2. The third-order valence-electron chi connectivity index (χ3n) is 6.52. The molecule has 0 aliphatic heterocycles. The van der Waals surface area contributed by atoms with Gasteiger partial charge in [-0.3, -0.25) is 9.59 Å². The minimum Gasteiger partial charge on any atom is -0.507 e. The minimum atomic E-state index is -0.188. The van der Waals surface area contributed by atoms with E-state index < -0.39 is 0 Å². The molecule has 0 amide bonds. The number of allylic oxidation sites excluding steroid dienone is 4. The largest absolute Gasteiger partial charge is 0.507 e. The van der Waals surface area contributed by atoms with Crippen molar-refractivity contribution >= 4 is 28.0 Å². The summed E-state index contributed by atoms with van der Waals surface area (Å²) in [6, 6.07) is 0. The van der Waals surface area contributed by atoms with Crippen LogP contribution in [0.25, 0.3) is 0 Å². The van der Waals surface area contributed by atoms with Gasteiger partial charge in [-0.15, -0.1) is 0 Å². The molecule has 0 spiro atoms. The van der Waals surface area contributed by atoms with E-state index in [0.29, 0.717) is 40.0 Å². The number of Topliss-reactive ketones (excluding diaryl/α,β-unsaturated/α-hetero) is 1. The SMILES string of the molecule is CC(/C=C/[C@@]1(C)[C@H](C)C(=O)CC[C@@H]1C)=C\Cc1c(O)c(Br)c(C)c(C=O)c1O. The second-order valence-electron chi connectivity index (χ2n) is 8.13. The highest BCUT2D eigenvalue weighted by Gasteiger charge is 2.41. The summed E-state index contributed by atoms with van der Waals surface area (Å²) in [5, 5.41) is 20.7. The van der Waals surface area contributed by atoms with Gasteiger partial charge in [0.15, 0.2) is 6.29 Å². The number of carbonyl (C=O) groups is 2. The minimum absolute atomic E-state index is 0.0170. The second kappa shape index (κ2) is 8.64. The van der Waals surface area contributed by atoms with Crippen molar-refractivity contribution in [2.75, 3.05) is 0 Å². The zero-order valence-electron chi connectivity index (χ0n) is 17.2. The van der Waals surface area contributed by atoms with Crippen LogP contribution in [0.1, 0.15) is 62.0 Å². The molecule has 1 fully saturated rings. The Morgan fingerprint density at radius 2 is 1.93 bits per heavy atom. The maximum Gasteiger partial charge on any atom is 0.154 e. The Balaban J connectivity index is 2.28. The summed E-state index contributed by atoms with van der Waals surface area (Å²) in [4.78, 5) is 23.5. The van der Waals surface area contributed by atoms with E-state index in [1.54, 1.807) is 6.92 Å². The van der Waals surface area contributed by atoms with E-state index in [2.05, 4.69) is 35.9 Å². The van der Waals surface area contributed by atoms with Crippen LogP contribution in [-0.2, 0) is 11.2 Å². The lowest BCUT2D eigenvalue weighted by Gasteiger charge is -2.42. The molecule has 0 radical (unpaired) electrons. The highest BCUT2D eigenvalue weighted by Crippen LogP contribution is 2.45. The van der Waals surface area contributed by atoms with Gasteiger partial charge in [0.25, 0.3) is 0 Å². The standard InChI is InChI=1S/C23H29BrO4/c1-13(10-11-23(5)14(2)7-9-19(26)16(23)4)6-8-17-21(27)18(12-25)15(3)20(24)22(17)28/h6,10-12,14,16,27-28H,7-9H2,1-5H3/b11-10+,13-6+/t14-,16+,23+/m0/s1. The highest BCUT2D eigenvalue weighted by molar-refractivity contribution is 9.10. The van der Waals surface area contributed by atoms with E-state index in [-0.39, 0.29) is 34.8 Å². The lowest BCUT2D eigenvalue weighted by molar-refractivity contribution is -0.129. The predicted molar refractivity (Wildman–Crippen MR) is 115 cm³/mol. The summed E-state index contributed by atoms with van der Waals surface area (Å²) >= 11 is 3.28. The van der Waals surface area contributed by atoms with E-state index in [1.807, 2.05) is 26.0 Å². The molecule has 0 heterocycles. The third kappa shape index (κ3) is 4.09. The predicted octanol–water partition coefficient (Wildman–Crippen LogP) is 5.67. The van der Waals surface area contributed by atoms with Gasteiger partial charge >= 0.3 is 0 Å². The average Bonchev–Trinajstić information content (AvgIpc) is 2.66. The molecule has 1 aliphatic carbocycles. The smallest absolute Gasteiger partial charge is 0.154 e. The van der Waals surface area contributed by atoms with Crippen molar-refractivity contribution in [3.63, 3.8) is 0 Å². The topological polar surface area (TPSA) is 74.6 Å². The fraction of sp³-hybridized carbons (Fsp3) is 0.478. The van der Waals surface area contributed by atoms with E-state index in [1.165, 1.54) is 0 Å². The number of hydrogen-bond acceptors (Lipinski definition) is 4. The number of ketones is 1. The summed E-state index contributed by atoms with van der Waals surface area (Å²) in [5.74, 6) is 0.471. The number of phenolic OH excluding ortho intramolecular Hbond substituents is 2. The Morgan fingerprint density at radius 3 is 2.54 bits per heavy atom. The van der Waals surface area contributed by atoms with Crippen LogP contribution in [0, 0.1) is 24.2 Å². The quantitative estimate of drug-likeness (QED) is 0.449. The maximum atomic E-state index is 12.2. The Hall–Kier alpha value is -1.88. The number of halogens is 1. The van der Waals surface area contributed by atoms with Gasteiger partial charge in [0.2, 0.25) is 0 Å². The number of rotatable bonds is 5. The van der Waals surface area contributed by atoms with Crippen molar-refractivity contribution in [3.05, 3.63) is 45.0 Å². The van der Waals surface area contributed by atoms with Gasteiger partial charge in [0.1, 0.15) is 17.3 Å². The number of hydrogen-bond donors (Lipinski definition) is 2. The molecule has 1 aromatic carbocycles. The Labute approximate surface area is 175 Å². The molecular formula is C23H29BrO4. The molecule has 152 valence electrons. The molecule has 3 atom stereocenters. The van der Waals surface area contributed by atoms with Gasteiger partial charge in [-0.05, 0) is 59.5 Å². The van der Waals surface area contributed by atoms with E-state index >= 15 is 0 Å². The Morgan fingerprint density at radius 1 is 1.29 bits per heavy atom. The van der Waals surface area contributed by atoms with Crippen molar-refractivity contribution in [2.45, 2.75) is 53.9 Å². The molecule has 28 heavy (non-hydrogen) atoms. The molecule has 0 bridgehead atoms. The van der Waals surface area contributed by atoms with Crippen LogP contribution in [0.5, 0.6) is 11.5 Å². The summed E-state index contributed by atoms with van der Waals surface area (Å²) < 4.78 is 0.417. The molecule has 1 saturated carbocycles. The zero-order valence-corrected chi connectivity index (χ0v) is 18.8. The van der Waals surface area contributed by atoms with Gasteiger partial charge in [-0.25, -0.2) is 0 Å². The highest BCUT2D eigenvalue weighted by atomic mass is 79.9. The molecular weight excluding hydrogens is 420 g/mol. The summed E-state index contributed by atoms with van der Waals surface area (Å²) in [6.45, 7) is 9.93. The first-order chi connectivity index (χ1) is 13.0. The molecule has 1 aliphatic rings. The summed E-state index contributed by atoms with van der Waals surface area (Å²) in [5.41, 5.74) is 1.77. The van der Waals surface area contributed by atoms with Crippen molar-refractivity contribution < 1.29 is 19.8 Å². The Kier molecular flexibility index (Phi) is 6.92. The molecule has 2 rings (SSSR count). The van der Waals surface area contributed by atoms with Crippen LogP contribution in [0.15, 0.2) is 28.3 Å². The third-order valence-corrected chi connectivity index (χ3v) is 7.49. The first-order valence-corrected chi connectivity index (χ1v) is 10.4. The lowest BCUT2D eigenvalue weighted by atomic mass is 9.61. The van der Waals surface area contributed by atoms with Crippen LogP contribution in [0.2, 0.25) is 0 Å². The normalized spacial score (nSPS) is 26.1. The van der Waals surface area contributed by atoms with Gasteiger partial charge in [0.05, 0.1) is 10.0 Å².